The van der Waals surface area contributed by atoms with Crippen LogP contribution in [0.2, 0.25) is 0 Å². The van der Waals surface area contributed by atoms with Crippen LogP contribution in [0, 0.1) is 5.82 Å². The van der Waals surface area contributed by atoms with Crippen LogP contribution in [0.4, 0.5) is 4.39 Å². The standard InChI is InChI=1S/C16H18FNOS/c1-10(14-6-5-12(17)8-15(14)19)18-9-13-7-11-3-2-4-16(11)20-13/h5-8,10,18-19H,2-4,9H2,1H3. The normalized spacial score (nSPS) is 15.3. The van der Waals surface area contributed by atoms with Crippen LogP contribution < -0.4 is 5.32 Å². The molecule has 1 atom stereocenters. The molecule has 1 aromatic carbocycles. The Morgan fingerprint density at radius 2 is 2.20 bits per heavy atom. The van der Waals surface area contributed by atoms with E-state index in [2.05, 4.69) is 11.4 Å². The Morgan fingerprint density at radius 3 is 2.95 bits per heavy atom. The number of benzene rings is 1. The number of rotatable bonds is 4. The minimum Gasteiger partial charge on any atom is -0.508 e. The fraction of sp³-hybridized carbons (Fsp3) is 0.375. The molecular weight excluding hydrogens is 273 g/mol. The van der Waals surface area contributed by atoms with Gasteiger partial charge in [0.05, 0.1) is 0 Å². The lowest BCUT2D eigenvalue weighted by molar-refractivity contribution is 0.447. The summed E-state index contributed by atoms with van der Waals surface area (Å²) in [5.41, 5.74) is 2.24. The highest BCUT2D eigenvalue weighted by Gasteiger charge is 2.16. The van der Waals surface area contributed by atoms with Crippen LogP contribution in [0.3, 0.4) is 0 Å². The minimum absolute atomic E-state index is 0.00691. The zero-order valence-corrected chi connectivity index (χ0v) is 12.3. The number of phenols is 1. The lowest BCUT2D eigenvalue weighted by Crippen LogP contribution is -2.17. The summed E-state index contributed by atoms with van der Waals surface area (Å²) >= 11 is 1.88. The molecule has 1 aliphatic carbocycles. The Balaban J connectivity index is 1.65. The first-order valence-electron chi connectivity index (χ1n) is 6.96. The fourth-order valence-corrected chi connectivity index (χ4v) is 3.94. The summed E-state index contributed by atoms with van der Waals surface area (Å²) in [5, 5.41) is 13.2. The van der Waals surface area contributed by atoms with Crippen molar-refractivity contribution in [1.29, 1.82) is 0 Å². The quantitative estimate of drug-likeness (QED) is 0.894. The van der Waals surface area contributed by atoms with Gasteiger partial charge in [0.15, 0.2) is 0 Å². The average molecular weight is 291 g/mol. The van der Waals surface area contributed by atoms with Gasteiger partial charge in [0.25, 0.3) is 0 Å². The molecule has 106 valence electrons. The van der Waals surface area contributed by atoms with Crippen LogP contribution in [-0.2, 0) is 19.4 Å². The second kappa shape index (κ2) is 5.54. The maximum absolute atomic E-state index is 13.0. The van der Waals surface area contributed by atoms with Crippen LogP contribution in [0.1, 0.15) is 40.3 Å². The van der Waals surface area contributed by atoms with E-state index in [0.29, 0.717) is 0 Å². The fourth-order valence-electron chi connectivity index (χ4n) is 2.72. The number of hydrogen-bond donors (Lipinski definition) is 2. The molecule has 2 nitrogen and oxygen atoms in total. The third-order valence-corrected chi connectivity index (χ3v) is 5.08. The number of thiophene rings is 1. The Morgan fingerprint density at radius 1 is 1.35 bits per heavy atom. The zero-order valence-electron chi connectivity index (χ0n) is 11.4. The van der Waals surface area contributed by atoms with Crippen molar-refractivity contribution in [2.45, 2.75) is 38.8 Å². The molecule has 1 unspecified atom stereocenters. The number of aryl methyl sites for hydroxylation is 2. The van der Waals surface area contributed by atoms with Gasteiger partial charge in [-0.15, -0.1) is 11.3 Å². The summed E-state index contributed by atoms with van der Waals surface area (Å²) in [4.78, 5) is 2.86. The highest BCUT2D eigenvalue weighted by Crippen LogP contribution is 2.31. The Kier molecular flexibility index (Phi) is 3.76. The van der Waals surface area contributed by atoms with Gasteiger partial charge < -0.3 is 10.4 Å². The third-order valence-electron chi connectivity index (χ3n) is 3.84. The minimum atomic E-state index is -0.409. The van der Waals surface area contributed by atoms with E-state index < -0.39 is 5.82 Å². The monoisotopic (exact) mass is 291 g/mol. The van der Waals surface area contributed by atoms with Crippen LogP contribution in [0.25, 0.3) is 0 Å². The molecule has 1 aromatic heterocycles. The maximum atomic E-state index is 13.0. The highest BCUT2D eigenvalue weighted by molar-refractivity contribution is 7.12. The first-order chi connectivity index (χ1) is 9.63. The predicted octanol–water partition coefficient (Wildman–Crippen LogP) is 3.93. The molecule has 0 fully saturated rings. The van der Waals surface area contributed by atoms with Gasteiger partial charge in [0, 0.05) is 34.0 Å². The first kappa shape index (κ1) is 13.6. The van der Waals surface area contributed by atoms with Crippen molar-refractivity contribution >= 4 is 11.3 Å². The number of phenolic OH excluding ortho intramolecular Hbond substituents is 1. The average Bonchev–Trinajstić information content (AvgIpc) is 2.96. The van der Waals surface area contributed by atoms with E-state index in [0.717, 1.165) is 18.2 Å². The van der Waals surface area contributed by atoms with Crippen molar-refractivity contribution in [3.05, 3.63) is 51.0 Å². The van der Waals surface area contributed by atoms with Crippen molar-refractivity contribution in [3.8, 4) is 5.75 Å². The van der Waals surface area contributed by atoms with E-state index in [1.807, 2.05) is 18.3 Å². The number of halogens is 1. The Hall–Kier alpha value is -1.39. The van der Waals surface area contributed by atoms with Gasteiger partial charge in [-0.1, -0.05) is 6.07 Å². The van der Waals surface area contributed by atoms with Crippen LogP contribution in [0.15, 0.2) is 24.3 Å². The first-order valence-corrected chi connectivity index (χ1v) is 7.77. The summed E-state index contributed by atoms with van der Waals surface area (Å²) in [6, 6.07) is 6.46. The molecule has 0 amide bonds. The van der Waals surface area contributed by atoms with E-state index in [4.69, 9.17) is 0 Å². The molecule has 0 bridgehead atoms. The smallest absolute Gasteiger partial charge is 0.126 e. The van der Waals surface area contributed by atoms with Gasteiger partial charge in [-0.25, -0.2) is 4.39 Å². The topological polar surface area (TPSA) is 32.3 Å². The summed E-state index contributed by atoms with van der Waals surface area (Å²) in [6.45, 7) is 2.77. The molecule has 0 saturated heterocycles. The Bertz CT molecular complexity index is 601. The molecule has 0 saturated carbocycles. The van der Waals surface area contributed by atoms with Crippen LogP contribution in [-0.4, -0.2) is 5.11 Å². The van der Waals surface area contributed by atoms with E-state index in [1.54, 1.807) is 6.07 Å². The molecule has 2 N–H and O–H groups in total. The lowest BCUT2D eigenvalue weighted by atomic mass is 10.1. The van der Waals surface area contributed by atoms with Crippen molar-refractivity contribution in [3.63, 3.8) is 0 Å². The molecule has 3 rings (SSSR count). The van der Waals surface area contributed by atoms with Crippen LogP contribution in [0.5, 0.6) is 5.75 Å². The summed E-state index contributed by atoms with van der Waals surface area (Å²) < 4.78 is 13.0. The summed E-state index contributed by atoms with van der Waals surface area (Å²) in [6.07, 6.45) is 3.71. The third kappa shape index (κ3) is 2.72. The molecule has 0 spiro atoms. The van der Waals surface area contributed by atoms with Crippen LogP contribution >= 0.6 is 11.3 Å². The molecule has 2 aromatic rings. The van der Waals surface area contributed by atoms with E-state index in [9.17, 15) is 9.50 Å². The molecule has 0 aliphatic heterocycles. The van der Waals surface area contributed by atoms with E-state index in [-0.39, 0.29) is 11.8 Å². The number of hydrogen-bond acceptors (Lipinski definition) is 3. The van der Waals surface area contributed by atoms with Gasteiger partial charge in [-0.3, -0.25) is 0 Å². The summed E-state index contributed by atoms with van der Waals surface area (Å²) in [5.74, 6) is -0.396. The van der Waals surface area contributed by atoms with Crippen molar-refractivity contribution in [2.75, 3.05) is 0 Å². The second-order valence-electron chi connectivity index (χ2n) is 5.32. The molecule has 4 heteroatoms. The van der Waals surface area contributed by atoms with Gasteiger partial charge in [-0.2, -0.15) is 0 Å². The van der Waals surface area contributed by atoms with Crippen molar-refractivity contribution in [2.24, 2.45) is 0 Å². The van der Waals surface area contributed by atoms with Crippen molar-refractivity contribution < 1.29 is 9.50 Å². The molecule has 0 radical (unpaired) electrons. The molecule has 1 heterocycles. The Labute approximate surface area is 122 Å². The maximum Gasteiger partial charge on any atom is 0.126 e. The molecule has 1 aliphatic rings. The molecular formula is C16H18FNOS. The van der Waals surface area contributed by atoms with Gasteiger partial charge in [-0.05, 0) is 43.9 Å². The lowest BCUT2D eigenvalue weighted by Gasteiger charge is -2.15. The largest absolute Gasteiger partial charge is 0.508 e. The highest BCUT2D eigenvalue weighted by atomic mass is 32.1. The second-order valence-corrected chi connectivity index (χ2v) is 6.54. The van der Waals surface area contributed by atoms with Gasteiger partial charge in [0.1, 0.15) is 11.6 Å². The zero-order chi connectivity index (χ0) is 14.1. The van der Waals surface area contributed by atoms with E-state index >= 15 is 0 Å². The van der Waals surface area contributed by atoms with Gasteiger partial charge in [0.2, 0.25) is 0 Å². The number of nitrogens with one attached hydrogen (secondary N) is 1. The van der Waals surface area contributed by atoms with Gasteiger partial charge >= 0.3 is 0 Å². The SMILES string of the molecule is CC(NCc1cc2c(s1)CCC2)c1ccc(F)cc1O. The number of aromatic hydroxyl groups is 1. The molecule has 20 heavy (non-hydrogen) atoms. The van der Waals surface area contributed by atoms with E-state index in [1.165, 1.54) is 40.6 Å². The summed E-state index contributed by atoms with van der Waals surface area (Å²) in [7, 11) is 0. The van der Waals surface area contributed by atoms with Crippen molar-refractivity contribution in [1.82, 2.24) is 5.32 Å². The predicted molar refractivity (Wildman–Crippen MR) is 79.7 cm³/mol. The number of fused-ring (bicyclic) bond motifs is 1.